The molecule has 4 nitrogen and oxygen atoms in total. The fraction of sp³-hybridized carbons (Fsp3) is 0.455. The first-order valence-electron chi connectivity index (χ1n) is 5.22. The molecule has 0 atom stereocenters. The fourth-order valence-corrected chi connectivity index (χ4v) is 1.53. The Morgan fingerprint density at radius 1 is 1.28 bits per heavy atom. The smallest absolute Gasteiger partial charge is 0.154 e. The van der Waals surface area contributed by atoms with Gasteiger partial charge in [-0.2, -0.15) is 0 Å². The summed E-state index contributed by atoms with van der Waals surface area (Å²) in [5, 5.41) is 2.47. The van der Waals surface area contributed by atoms with Crippen LogP contribution >= 0.6 is 0 Å². The molecule has 0 aliphatic carbocycles. The zero-order valence-corrected chi connectivity index (χ0v) is 11.2. The molecule has 1 aromatic carbocycles. The predicted octanol–water partition coefficient (Wildman–Crippen LogP) is 1.78. The zero-order chi connectivity index (χ0) is 14.1. The van der Waals surface area contributed by atoms with Gasteiger partial charge >= 0.3 is 0 Å². The summed E-state index contributed by atoms with van der Waals surface area (Å²) in [5.74, 6) is -1.70. The number of benzene rings is 1. The van der Waals surface area contributed by atoms with Crippen LogP contribution in [-0.2, 0) is 9.84 Å². The van der Waals surface area contributed by atoms with Crippen molar-refractivity contribution in [3.05, 3.63) is 23.8 Å². The van der Waals surface area contributed by atoms with Crippen LogP contribution in [0.15, 0.2) is 12.1 Å². The number of nitrogens with one attached hydrogen (secondary N) is 1. The molecular weight excluding hydrogens is 262 g/mol. The molecule has 0 bridgehead atoms. The molecule has 0 aromatic heterocycles. The van der Waals surface area contributed by atoms with E-state index in [2.05, 4.69) is 5.32 Å². The fourth-order valence-electron chi connectivity index (χ4n) is 1.19. The van der Waals surface area contributed by atoms with E-state index < -0.39 is 26.2 Å². The lowest BCUT2D eigenvalue weighted by Gasteiger charge is -2.23. The number of nitrogen functional groups attached to an aromatic ring is 1. The van der Waals surface area contributed by atoms with Crippen LogP contribution in [0.3, 0.4) is 0 Å². The minimum Gasteiger partial charge on any atom is -0.399 e. The molecule has 1 aromatic rings. The van der Waals surface area contributed by atoms with E-state index in [0.717, 1.165) is 18.4 Å². The van der Waals surface area contributed by atoms with Crippen molar-refractivity contribution < 1.29 is 17.2 Å². The summed E-state index contributed by atoms with van der Waals surface area (Å²) in [6.45, 7) is 2.84. The maximum absolute atomic E-state index is 13.5. The average molecular weight is 278 g/mol. The summed E-state index contributed by atoms with van der Waals surface area (Å²) in [4.78, 5) is 0. The van der Waals surface area contributed by atoms with Crippen molar-refractivity contribution in [2.75, 3.05) is 23.9 Å². The minimum atomic E-state index is -3.34. The topological polar surface area (TPSA) is 72.2 Å². The number of rotatable bonds is 4. The molecule has 0 saturated heterocycles. The minimum absolute atomic E-state index is 0.0297. The van der Waals surface area contributed by atoms with Gasteiger partial charge in [-0.05, 0) is 26.0 Å². The second kappa shape index (κ2) is 4.72. The highest BCUT2D eigenvalue weighted by atomic mass is 32.2. The molecule has 18 heavy (non-hydrogen) atoms. The number of hydrogen-bond acceptors (Lipinski definition) is 4. The standard InChI is InChI=1S/C11H16F2N2O2S/c1-11(2,18(3,16)17)6-15-10-8(12)4-7(14)5-9(10)13/h4-5,15H,6,14H2,1-3H3. The van der Waals surface area contributed by atoms with E-state index in [0.29, 0.717) is 0 Å². The molecule has 0 saturated carbocycles. The van der Waals surface area contributed by atoms with Crippen LogP contribution in [-0.4, -0.2) is 26.0 Å². The van der Waals surface area contributed by atoms with Gasteiger partial charge < -0.3 is 11.1 Å². The molecule has 0 unspecified atom stereocenters. The van der Waals surface area contributed by atoms with Gasteiger partial charge in [0.1, 0.15) is 5.69 Å². The van der Waals surface area contributed by atoms with Crippen LogP contribution in [0, 0.1) is 11.6 Å². The molecule has 0 aliphatic rings. The van der Waals surface area contributed by atoms with Crippen molar-refractivity contribution >= 4 is 21.2 Å². The van der Waals surface area contributed by atoms with Crippen LogP contribution in [0.25, 0.3) is 0 Å². The van der Waals surface area contributed by atoms with Crippen molar-refractivity contribution in [2.45, 2.75) is 18.6 Å². The molecule has 0 heterocycles. The lowest BCUT2D eigenvalue weighted by atomic mass is 10.2. The normalized spacial score (nSPS) is 12.5. The van der Waals surface area contributed by atoms with Crippen molar-refractivity contribution in [3.8, 4) is 0 Å². The van der Waals surface area contributed by atoms with Crippen LogP contribution in [0.5, 0.6) is 0 Å². The lowest BCUT2D eigenvalue weighted by molar-refractivity contribution is 0.554. The molecule has 0 aliphatic heterocycles. The molecule has 0 spiro atoms. The Balaban J connectivity index is 2.95. The quantitative estimate of drug-likeness (QED) is 0.824. The third kappa shape index (κ3) is 3.10. The van der Waals surface area contributed by atoms with E-state index >= 15 is 0 Å². The monoisotopic (exact) mass is 278 g/mol. The number of sulfone groups is 1. The van der Waals surface area contributed by atoms with E-state index in [-0.39, 0.29) is 17.9 Å². The second-order valence-corrected chi connectivity index (χ2v) is 7.39. The van der Waals surface area contributed by atoms with Gasteiger partial charge in [0.2, 0.25) is 0 Å². The van der Waals surface area contributed by atoms with Gasteiger partial charge in [0.25, 0.3) is 0 Å². The van der Waals surface area contributed by atoms with Crippen LogP contribution in [0.1, 0.15) is 13.8 Å². The Morgan fingerprint density at radius 2 is 1.72 bits per heavy atom. The second-order valence-electron chi connectivity index (χ2n) is 4.74. The number of nitrogens with two attached hydrogens (primary N) is 1. The van der Waals surface area contributed by atoms with Crippen molar-refractivity contribution in [1.29, 1.82) is 0 Å². The number of anilines is 2. The van der Waals surface area contributed by atoms with Gasteiger partial charge in [-0.3, -0.25) is 0 Å². The van der Waals surface area contributed by atoms with Gasteiger partial charge in [-0.1, -0.05) is 0 Å². The highest BCUT2D eigenvalue weighted by Gasteiger charge is 2.30. The van der Waals surface area contributed by atoms with Gasteiger partial charge in [-0.25, -0.2) is 17.2 Å². The maximum Gasteiger partial charge on any atom is 0.154 e. The Kier molecular flexibility index (Phi) is 3.85. The van der Waals surface area contributed by atoms with E-state index in [1.165, 1.54) is 13.8 Å². The average Bonchev–Trinajstić information content (AvgIpc) is 2.13. The van der Waals surface area contributed by atoms with Gasteiger partial charge in [0.05, 0.1) is 4.75 Å². The highest BCUT2D eigenvalue weighted by molar-refractivity contribution is 7.92. The van der Waals surface area contributed by atoms with E-state index in [1.54, 1.807) is 0 Å². The SMILES string of the molecule is CC(C)(CNc1c(F)cc(N)cc1F)S(C)(=O)=O. The predicted molar refractivity (Wildman–Crippen MR) is 68.2 cm³/mol. The summed E-state index contributed by atoms with van der Waals surface area (Å²) < 4.78 is 48.7. The third-order valence-corrected chi connectivity index (χ3v) is 4.91. The Hall–Kier alpha value is -1.37. The van der Waals surface area contributed by atoms with E-state index in [1.807, 2.05) is 0 Å². The van der Waals surface area contributed by atoms with Crippen LogP contribution < -0.4 is 11.1 Å². The Bertz CT molecular complexity index is 533. The molecule has 0 amide bonds. The molecule has 7 heteroatoms. The lowest BCUT2D eigenvalue weighted by Crippen LogP contribution is -2.38. The van der Waals surface area contributed by atoms with E-state index in [4.69, 9.17) is 5.73 Å². The van der Waals surface area contributed by atoms with Gasteiger partial charge in [0, 0.05) is 18.5 Å². The largest absolute Gasteiger partial charge is 0.399 e. The molecule has 1 rings (SSSR count). The molecule has 3 N–H and O–H groups in total. The first-order chi connectivity index (χ1) is 8.04. The molecule has 102 valence electrons. The summed E-state index contributed by atoms with van der Waals surface area (Å²) >= 11 is 0. The summed E-state index contributed by atoms with van der Waals surface area (Å²) in [6, 6.07) is 1.94. The van der Waals surface area contributed by atoms with Crippen molar-refractivity contribution in [2.24, 2.45) is 0 Å². The van der Waals surface area contributed by atoms with Gasteiger partial charge in [0.15, 0.2) is 21.5 Å². The molecule has 0 fully saturated rings. The molecular formula is C11H16F2N2O2S. The summed E-state index contributed by atoms with van der Waals surface area (Å²) in [6.07, 6.45) is 1.07. The number of hydrogen-bond donors (Lipinski definition) is 2. The van der Waals surface area contributed by atoms with Crippen molar-refractivity contribution in [3.63, 3.8) is 0 Å². The van der Waals surface area contributed by atoms with Gasteiger partial charge in [-0.15, -0.1) is 0 Å². The van der Waals surface area contributed by atoms with E-state index in [9.17, 15) is 17.2 Å². The zero-order valence-electron chi connectivity index (χ0n) is 10.4. The third-order valence-electron chi connectivity index (χ3n) is 2.76. The highest BCUT2D eigenvalue weighted by Crippen LogP contribution is 2.24. The first kappa shape index (κ1) is 14.7. The van der Waals surface area contributed by atoms with Crippen LogP contribution in [0.4, 0.5) is 20.2 Å². The van der Waals surface area contributed by atoms with Crippen molar-refractivity contribution in [1.82, 2.24) is 0 Å². The Morgan fingerprint density at radius 3 is 2.11 bits per heavy atom. The molecule has 0 radical (unpaired) electrons. The first-order valence-corrected chi connectivity index (χ1v) is 7.12. The number of halogens is 2. The summed E-state index contributed by atoms with van der Waals surface area (Å²) in [5.41, 5.74) is 4.87. The van der Waals surface area contributed by atoms with Crippen LogP contribution in [0.2, 0.25) is 0 Å². The Labute approximate surface area is 105 Å². The summed E-state index contributed by atoms with van der Waals surface area (Å²) in [7, 11) is -3.34. The maximum atomic E-state index is 13.5.